The molecule has 0 saturated heterocycles. The lowest BCUT2D eigenvalue weighted by Gasteiger charge is -2.07. The summed E-state index contributed by atoms with van der Waals surface area (Å²) in [6.45, 7) is 1.90. The van der Waals surface area contributed by atoms with Gasteiger partial charge < -0.3 is 5.32 Å². The number of carbonyl (C=O) groups excluding carboxylic acids is 1. The normalized spacial score (nSPS) is 11.1. The van der Waals surface area contributed by atoms with Gasteiger partial charge in [-0.05, 0) is 31.2 Å². The molecule has 2 rings (SSSR count). The number of hydrogen-bond donors (Lipinski definition) is 2. The number of anilines is 1. The molecule has 0 aliphatic carbocycles. The Morgan fingerprint density at radius 1 is 1.14 bits per heavy atom. The van der Waals surface area contributed by atoms with Crippen LogP contribution >= 0.6 is 23.2 Å². The Labute approximate surface area is 139 Å². The first-order chi connectivity index (χ1) is 10.6. The predicted octanol–water partition coefficient (Wildman–Crippen LogP) is 3.95. The monoisotopic (exact) mass is 335 g/mol. The maximum Gasteiger partial charge on any atom is 0.259 e. The number of amides is 1. The number of para-hydroxylation sites is 1. The van der Waals surface area contributed by atoms with Crippen LogP contribution in [0.25, 0.3) is 0 Å². The zero-order chi connectivity index (χ0) is 15.9. The summed E-state index contributed by atoms with van der Waals surface area (Å²) < 4.78 is 0. The van der Waals surface area contributed by atoms with Crippen molar-refractivity contribution in [3.8, 4) is 0 Å². The van der Waals surface area contributed by atoms with Gasteiger partial charge in [-0.1, -0.05) is 47.5 Å². The summed E-state index contributed by atoms with van der Waals surface area (Å²) in [5.41, 5.74) is 4.69. The lowest BCUT2D eigenvalue weighted by atomic mass is 10.1. The van der Waals surface area contributed by atoms with Gasteiger partial charge in [-0.2, -0.15) is 5.10 Å². The van der Waals surface area contributed by atoms with E-state index in [0.29, 0.717) is 15.8 Å². The van der Waals surface area contributed by atoms with Crippen molar-refractivity contribution in [3.63, 3.8) is 0 Å². The highest BCUT2D eigenvalue weighted by Crippen LogP contribution is 2.21. The van der Waals surface area contributed by atoms with E-state index in [-0.39, 0.29) is 12.5 Å². The SMILES string of the molecule is C/C(=N\NC(=O)CNc1ccccc1)c1ccc(Cl)cc1Cl. The van der Waals surface area contributed by atoms with Gasteiger partial charge in [-0.15, -0.1) is 0 Å². The van der Waals surface area contributed by atoms with Crippen LogP contribution < -0.4 is 10.7 Å². The summed E-state index contributed by atoms with van der Waals surface area (Å²) in [6, 6.07) is 14.6. The van der Waals surface area contributed by atoms with Gasteiger partial charge in [0.15, 0.2) is 0 Å². The number of hydrazone groups is 1. The highest BCUT2D eigenvalue weighted by molar-refractivity contribution is 6.37. The Kier molecular flexibility index (Phi) is 5.81. The van der Waals surface area contributed by atoms with Crippen molar-refractivity contribution in [1.29, 1.82) is 0 Å². The van der Waals surface area contributed by atoms with Gasteiger partial charge in [0.25, 0.3) is 5.91 Å². The zero-order valence-corrected chi connectivity index (χ0v) is 13.4. The number of carbonyl (C=O) groups is 1. The standard InChI is InChI=1S/C16H15Cl2N3O/c1-11(14-8-7-12(17)9-15(14)18)20-21-16(22)10-19-13-5-3-2-4-6-13/h2-9,19H,10H2,1H3,(H,21,22)/b20-11+. The summed E-state index contributed by atoms with van der Waals surface area (Å²) >= 11 is 11.9. The summed E-state index contributed by atoms with van der Waals surface area (Å²) in [7, 11) is 0. The van der Waals surface area contributed by atoms with Crippen molar-refractivity contribution in [2.45, 2.75) is 6.92 Å². The van der Waals surface area contributed by atoms with Crippen LogP contribution in [-0.4, -0.2) is 18.2 Å². The second-order valence-corrected chi connectivity index (χ2v) is 5.42. The molecule has 2 N–H and O–H groups in total. The zero-order valence-electron chi connectivity index (χ0n) is 11.9. The van der Waals surface area contributed by atoms with Gasteiger partial charge in [-0.25, -0.2) is 5.43 Å². The molecule has 0 unspecified atom stereocenters. The van der Waals surface area contributed by atoms with Crippen LogP contribution in [0, 0.1) is 0 Å². The molecular formula is C16H15Cl2N3O. The summed E-state index contributed by atoms with van der Waals surface area (Å²) in [4.78, 5) is 11.8. The molecule has 1 amide bonds. The molecule has 0 aliphatic heterocycles. The third-order valence-electron chi connectivity index (χ3n) is 2.90. The minimum atomic E-state index is -0.242. The minimum absolute atomic E-state index is 0.134. The fraction of sp³-hybridized carbons (Fsp3) is 0.125. The number of benzene rings is 2. The van der Waals surface area contributed by atoms with Crippen LogP contribution in [0.15, 0.2) is 53.6 Å². The Bertz CT molecular complexity index is 687. The molecule has 114 valence electrons. The van der Waals surface area contributed by atoms with Crippen LogP contribution in [0.5, 0.6) is 0 Å². The number of hydrogen-bond acceptors (Lipinski definition) is 3. The minimum Gasteiger partial charge on any atom is -0.376 e. The maximum atomic E-state index is 11.8. The van der Waals surface area contributed by atoms with Gasteiger partial charge in [0, 0.05) is 16.3 Å². The molecule has 0 bridgehead atoms. The fourth-order valence-corrected chi connectivity index (χ4v) is 2.31. The third kappa shape index (κ3) is 4.76. The largest absolute Gasteiger partial charge is 0.376 e. The van der Waals surface area contributed by atoms with Crippen molar-refractivity contribution in [2.24, 2.45) is 5.10 Å². The average molecular weight is 336 g/mol. The molecule has 2 aromatic rings. The third-order valence-corrected chi connectivity index (χ3v) is 3.44. The Hall–Kier alpha value is -2.04. The lowest BCUT2D eigenvalue weighted by molar-refractivity contribution is -0.119. The summed E-state index contributed by atoms with van der Waals surface area (Å²) in [5, 5.41) is 8.09. The van der Waals surface area contributed by atoms with Crippen molar-refractivity contribution in [2.75, 3.05) is 11.9 Å². The van der Waals surface area contributed by atoms with Gasteiger partial charge in [0.05, 0.1) is 17.3 Å². The van der Waals surface area contributed by atoms with Crippen LogP contribution in [0.3, 0.4) is 0 Å². The highest BCUT2D eigenvalue weighted by Gasteiger charge is 2.06. The van der Waals surface area contributed by atoms with Crippen LogP contribution in [0.4, 0.5) is 5.69 Å². The Balaban J connectivity index is 1.91. The maximum absolute atomic E-state index is 11.8. The molecule has 0 aromatic heterocycles. The first-order valence-electron chi connectivity index (χ1n) is 6.64. The second-order valence-electron chi connectivity index (χ2n) is 4.58. The fourth-order valence-electron chi connectivity index (χ4n) is 1.77. The van der Waals surface area contributed by atoms with Crippen molar-refractivity contribution >= 4 is 40.5 Å². The van der Waals surface area contributed by atoms with Crippen molar-refractivity contribution in [1.82, 2.24) is 5.43 Å². The van der Waals surface area contributed by atoms with E-state index in [9.17, 15) is 4.79 Å². The number of nitrogens with one attached hydrogen (secondary N) is 2. The van der Waals surface area contributed by atoms with E-state index >= 15 is 0 Å². The molecule has 0 fully saturated rings. The van der Waals surface area contributed by atoms with Gasteiger partial charge in [0.1, 0.15) is 0 Å². The van der Waals surface area contributed by atoms with Gasteiger partial charge in [0.2, 0.25) is 0 Å². The number of nitrogens with zero attached hydrogens (tertiary/aromatic N) is 1. The first-order valence-corrected chi connectivity index (χ1v) is 7.39. The lowest BCUT2D eigenvalue weighted by Crippen LogP contribution is -2.26. The molecule has 0 radical (unpaired) electrons. The summed E-state index contributed by atoms with van der Waals surface area (Å²) in [6.07, 6.45) is 0. The van der Waals surface area contributed by atoms with E-state index in [0.717, 1.165) is 11.3 Å². The van der Waals surface area contributed by atoms with Crippen molar-refractivity contribution in [3.05, 3.63) is 64.1 Å². The topological polar surface area (TPSA) is 53.5 Å². The van der Waals surface area contributed by atoms with Crippen molar-refractivity contribution < 1.29 is 4.79 Å². The Morgan fingerprint density at radius 3 is 2.55 bits per heavy atom. The molecule has 0 heterocycles. The Morgan fingerprint density at radius 2 is 1.86 bits per heavy atom. The molecule has 6 heteroatoms. The van der Waals surface area contributed by atoms with E-state index < -0.39 is 0 Å². The van der Waals surface area contributed by atoms with Crippen LogP contribution in [0.1, 0.15) is 12.5 Å². The molecule has 4 nitrogen and oxygen atoms in total. The van der Waals surface area contributed by atoms with E-state index in [4.69, 9.17) is 23.2 Å². The van der Waals surface area contributed by atoms with Gasteiger partial charge in [-0.3, -0.25) is 4.79 Å². The van der Waals surface area contributed by atoms with Gasteiger partial charge >= 0.3 is 0 Å². The van der Waals surface area contributed by atoms with E-state index in [2.05, 4.69) is 15.8 Å². The predicted molar refractivity (Wildman–Crippen MR) is 91.7 cm³/mol. The quantitative estimate of drug-likeness (QED) is 0.642. The molecule has 0 atom stereocenters. The van der Waals surface area contributed by atoms with E-state index in [1.165, 1.54) is 0 Å². The second kappa shape index (κ2) is 7.82. The molecular weight excluding hydrogens is 321 g/mol. The van der Waals surface area contributed by atoms with Crippen LogP contribution in [-0.2, 0) is 4.79 Å². The summed E-state index contributed by atoms with van der Waals surface area (Å²) in [5.74, 6) is -0.242. The van der Waals surface area contributed by atoms with Crippen LogP contribution in [0.2, 0.25) is 10.0 Å². The molecule has 0 aliphatic rings. The highest BCUT2D eigenvalue weighted by atomic mass is 35.5. The molecule has 0 spiro atoms. The molecule has 22 heavy (non-hydrogen) atoms. The van der Waals surface area contributed by atoms with E-state index in [1.807, 2.05) is 30.3 Å². The first kappa shape index (κ1) is 16.3. The smallest absolute Gasteiger partial charge is 0.259 e. The molecule has 2 aromatic carbocycles. The number of rotatable bonds is 5. The number of halogens is 2. The van der Waals surface area contributed by atoms with E-state index in [1.54, 1.807) is 25.1 Å². The average Bonchev–Trinajstić information content (AvgIpc) is 2.51. The molecule has 0 saturated carbocycles.